The van der Waals surface area contributed by atoms with Gasteiger partial charge in [-0.2, -0.15) is 11.8 Å². The number of benzene rings is 1. The summed E-state index contributed by atoms with van der Waals surface area (Å²) in [5.74, 6) is 0.997. The smallest absolute Gasteiger partial charge is 0.257 e. The van der Waals surface area contributed by atoms with Crippen molar-refractivity contribution < 1.29 is 19.1 Å². The fraction of sp³-hybridized carbons (Fsp3) is 0.478. The van der Waals surface area contributed by atoms with Crippen molar-refractivity contribution in [1.29, 1.82) is 0 Å². The van der Waals surface area contributed by atoms with E-state index in [1.54, 1.807) is 38.5 Å². The molecule has 1 unspecified atom stereocenters. The Morgan fingerprint density at radius 3 is 2.56 bits per heavy atom. The fourth-order valence-electron chi connectivity index (χ4n) is 4.02. The highest BCUT2D eigenvalue weighted by molar-refractivity contribution is 7.99. The number of aryl methyl sites for hydroxylation is 1. The number of carbonyl (C=O) groups excluding carboxylic acids is 2. The van der Waals surface area contributed by atoms with Gasteiger partial charge < -0.3 is 20.3 Å². The van der Waals surface area contributed by atoms with E-state index in [0.29, 0.717) is 40.3 Å². The van der Waals surface area contributed by atoms with Crippen LogP contribution in [0.15, 0.2) is 18.2 Å². The summed E-state index contributed by atoms with van der Waals surface area (Å²) in [5, 5.41) is 16.3. The zero-order valence-electron chi connectivity index (χ0n) is 19.0. The number of aliphatic hydroxyl groups is 1. The van der Waals surface area contributed by atoms with Gasteiger partial charge in [-0.3, -0.25) is 14.5 Å². The van der Waals surface area contributed by atoms with Gasteiger partial charge in [0, 0.05) is 56.1 Å². The van der Waals surface area contributed by atoms with E-state index in [9.17, 15) is 19.1 Å². The number of nitrogens with zero attached hydrogens (tertiary/aromatic N) is 2. The number of halogens is 1. The maximum atomic E-state index is 13.5. The summed E-state index contributed by atoms with van der Waals surface area (Å²) < 4.78 is 15.2. The summed E-state index contributed by atoms with van der Waals surface area (Å²) in [6, 6.07) is 4.36. The first-order chi connectivity index (χ1) is 15.2. The number of rotatable bonds is 7. The minimum absolute atomic E-state index is 0.342. The molecule has 0 bridgehead atoms. The first-order valence-corrected chi connectivity index (χ1v) is 11.8. The summed E-state index contributed by atoms with van der Waals surface area (Å²) in [7, 11) is 1.72. The third-order valence-corrected chi connectivity index (χ3v) is 6.91. The zero-order chi connectivity index (χ0) is 23.4. The summed E-state index contributed by atoms with van der Waals surface area (Å²) in [5.41, 5.74) is 2.85. The van der Waals surface area contributed by atoms with Crippen LogP contribution in [0.3, 0.4) is 0 Å². The van der Waals surface area contributed by atoms with Crippen molar-refractivity contribution in [1.82, 2.24) is 14.8 Å². The van der Waals surface area contributed by atoms with Crippen LogP contribution < -0.4 is 10.6 Å². The minimum Gasteiger partial charge on any atom is -0.377 e. The predicted molar refractivity (Wildman–Crippen MR) is 126 cm³/mol. The minimum atomic E-state index is -1.38. The lowest BCUT2D eigenvalue weighted by Crippen LogP contribution is -2.40. The van der Waals surface area contributed by atoms with Gasteiger partial charge in [0.25, 0.3) is 11.8 Å². The lowest BCUT2D eigenvalue weighted by molar-refractivity contribution is -0.130. The molecule has 3 N–H and O–H groups in total. The highest BCUT2D eigenvalue weighted by Crippen LogP contribution is 2.27. The molecule has 2 aromatic rings. The van der Waals surface area contributed by atoms with Crippen LogP contribution in [0.5, 0.6) is 0 Å². The molecule has 0 radical (unpaired) electrons. The van der Waals surface area contributed by atoms with Crippen molar-refractivity contribution in [3.05, 3.63) is 52.1 Å². The average molecular weight is 463 g/mol. The molecule has 174 valence electrons. The molecule has 0 spiro atoms. The number of hydrogen-bond donors (Lipinski definition) is 3. The Kier molecular flexibility index (Phi) is 7.97. The Morgan fingerprint density at radius 2 is 1.91 bits per heavy atom. The van der Waals surface area contributed by atoms with Crippen LogP contribution in [0, 0.1) is 26.6 Å². The molecular formula is C23H31FN4O3S. The summed E-state index contributed by atoms with van der Waals surface area (Å²) in [6.07, 6.45) is -1.38. The normalized spacial score (nSPS) is 15.4. The number of carbonyl (C=O) groups is 2. The third kappa shape index (κ3) is 5.33. The molecule has 1 aromatic carbocycles. The van der Waals surface area contributed by atoms with E-state index < -0.39 is 12.0 Å². The third-order valence-electron chi connectivity index (χ3n) is 5.97. The number of amides is 2. The van der Waals surface area contributed by atoms with Gasteiger partial charge in [0.1, 0.15) is 5.82 Å². The van der Waals surface area contributed by atoms with E-state index in [-0.39, 0.29) is 11.7 Å². The molecule has 1 aliphatic rings. The molecule has 2 amide bonds. The Balaban J connectivity index is 1.70. The number of aromatic nitrogens is 1. The molecule has 1 atom stereocenters. The van der Waals surface area contributed by atoms with Crippen molar-refractivity contribution in [2.45, 2.75) is 26.9 Å². The van der Waals surface area contributed by atoms with Crippen LogP contribution >= 0.6 is 11.8 Å². The van der Waals surface area contributed by atoms with Crippen molar-refractivity contribution in [2.24, 2.45) is 7.05 Å². The first kappa shape index (κ1) is 24.3. The summed E-state index contributed by atoms with van der Waals surface area (Å²) >= 11 is 1.93. The van der Waals surface area contributed by atoms with Crippen LogP contribution in [-0.2, 0) is 11.8 Å². The van der Waals surface area contributed by atoms with E-state index >= 15 is 0 Å². The highest BCUT2D eigenvalue weighted by atomic mass is 32.2. The highest BCUT2D eigenvalue weighted by Gasteiger charge is 2.29. The van der Waals surface area contributed by atoms with Gasteiger partial charge in [-0.25, -0.2) is 4.39 Å². The second kappa shape index (κ2) is 10.5. The second-order valence-electron chi connectivity index (χ2n) is 8.10. The molecular weight excluding hydrogens is 431 g/mol. The summed E-state index contributed by atoms with van der Waals surface area (Å²) in [6.45, 7) is 8.32. The van der Waals surface area contributed by atoms with Crippen LogP contribution in [0.1, 0.15) is 39.0 Å². The first-order valence-electron chi connectivity index (χ1n) is 10.7. The van der Waals surface area contributed by atoms with Gasteiger partial charge in [0.15, 0.2) is 6.10 Å². The van der Waals surface area contributed by atoms with Crippen LogP contribution in [0.25, 0.3) is 0 Å². The molecule has 9 heteroatoms. The van der Waals surface area contributed by atoms with Gasteiger partial charge >= 0.3 is 0 Å². The number of thioether (sulfide) groups is 1. The summed E-state index contributed by atoms with van der Waals surface area (Å²) in [4.78, 5) is 27.8. The van der Waals surface area contributed by atoms with Crippen LogP contribution in [0.4, 0.5) is 10.1 Å². The maximum absolute atomic E-state index is 13.5. The Bertz CT molecular complexity index is 1000. The monoisotopic (exact) mass is 462 g/mol. The van der Waals surface area contributed by atoms with Gasteiger partial charge in [0.05, 0.1) is 11.3 Å². The molecule has 1 aliphatic heterocycles. The van der Waals surface area contributed by atoms with E-state index in [1.165, 1.54) is 12.1 Å². The Morgan fingerprint density at radius 1 is 1.22 bits per heavy atom. The molecule has 7 nitrogen and oxygen atoms in total. The van der Waals surface area contributed by atoms with Crippen LogP contribution in [-0.4, -0.2) is 64.1 Å². The predicted octanol–water partition coefficient (Wildman–Crippen LogP) is 2.54. The zero-order valence-corrected chi connectivity index (χ0v) is 19.8. The van der Waals surface area contributed by atoms with Crippen molar-refractivity contribution in [2.75, 3.05) is 43.0 Å². The fourth-order valence-corrected chi connectivity index (χ4v) is 5.00. The van der Waals surface area contributed by atoms with E-state index in [2.05, 4.69) is 15.5 Å². The SMILES string of the molecule is Cc1cc(NC(=O)c2c(C)c(C(O)C(=O)NCCN3CCSCC3)n(C)c2C)ccc1F. The van der Waals surface area contributed by atoms with E-state index in [4.69, 9.17) is 0 Å². The molecule has 1 saturated heterocycles. The van der Waals surface area contributed by atoms with Gasteiger partial charge in [-0.15, -0.1) is 0 Å². The van der Waals surface area contributed by atoms with Crippen LogP contribution in [0.2, 0.25) is 0 Å². The Labute approximate surface area is 192 Å². The quantitative estimate of drug-likeness (QED) is 0.589. The molecule has 2 heterocycles. The number of nitrogens with one attached hydrogen (secondary N) is 2. The van der Waals surface area contributed by atoms with Crippen molar-refractivity contribution in [3.8, 4) is 0 Å². The average Bonchev–Trinajstić information content (AvgIpc) is 2.99. The largest absolute Gasteiger partial charge is 0.377 e. The number of aliphatic hydroxyl groups excluding tert-OH is 1. The molecule has 32 heavy (non-hydrogen) atoms. The van der Waals surface area contributed by atoms with E-state index in [0.717, 1.165) is 31.1 Å². The molecule has 3 rings (SSSR count). The Hall–Kier alpha value is -2.36. The van der Waals surface area contributed by atoms with Crippen molar-refractivity contribution in [3.63, 3.8) is 0 Å². The van der Waals surface area contributed by atoms with Crippen molar-refractivity contribution >= 4 is 29.3 Å². The van der Waals surface area contributed by atoms with Gasteiger partial charge in [-0.05, 0) is 50.1 Å². The molecule has 0 saturated carbocycles. The standard InChI is InChI=1S/C23H31FN4O3S/c1-14-13-17(5-6-18(14)24)26-22(30)19-15(2)20(27(4)16(19)3)21(29)23(31)25-7-8-28-9-11-32-12-10-28/h5-6,13,21,29H,7-12H2,1-4H3,(H,25,31)(H,26,30). The number of hydrogen-bond acceptors (Lipinski definition) is 5. The second-order valence-corrected chi connectivity index (χ2v) is 9.32. The molecule has 0 aliphatic carbocycles. The number of anilines is 1. The maximum Gasteiger partial charge on any atom is 0.257 e. The molecule has 1 aromatic heterocycles. The van der Waals surface area contributed by atoms with Gasteiger partial charge in [0.2, 0.25) is 0 Å². The lowest BCUT2D eigenvalue weighted by Gasteiger charge is -2.26. The molecule has 1 fully saturated rings. The topological polar surface area (TPSA) is 86.6 Å². The van der Waals surface area contributed by atoms with E-state index in [1.807, 2.05) is 11.8 Å². The van der Waals surface area contributed by atoms with Gasteiger partial charge in [-0.1, -0.05) is 0 Å². The lowest BCUT2D eigenvalue weighted by atomic mass is 10.1.